The summed E-state index contributed by atoms with van der Waals surface area (Å²) in [5.74, 6) is 0.461. The highest BCUT2D eigenvalue weighted by atomic mass is 32.2. The fraction of sp³-hybridized carbons (Fsp3) is 0.0833. The smallest absolute Gasteiger partial charge is 0.269 e. The number of para-hydroxylation sites is 2. The molecular weight excluding hydrogens is 428 g/mol. The first-order valence-corrected chi connectivity index (χ1v) is 10.9. The summed E-state index contributed by atoms with van der Waals surface area (Å²) in [5, 5.41) is 9.09. The van der Waals surface area contributed by atoms with E-state index in [9.17, 15) is 8.78 Å². The second kappa shape index (κ2) is 8.84. The van der Waals surface area contributed by atoms with E-state index in [0.29, 0.717) is 27.6 Å². The zero-order chi connectivity index (χ0) is 21.9. The number of nitrogens with zero attached hydrogens (tertiary/aromatic N) is 5. The van der Waals surface area contributed by atoms with Crippen molar-refractivity contribution in [1.82, 2.24) is 24.7 Å². The first-order valence-electron chi connectivity index (χ1n) is 9.93. The first-order chi connectivity index (χ1) is 15.7. The van der Waals surface area contributed by atoms with E-state index in [2.05, 4.69) is 15.2 Å². The summed E-state index contributed by atoms with van der Waals surface area (Å²) in [5.41, 5.74) is 4.11. The lowest BCUT2D eigenvalue weighted by molar-refractivity contribution is 0.0722. The molecule has 0 aliphatic rings. The molecule has 0 amide bonds. The number of aromatic nitrogens is 5. The van der Waals surface area contributed by atoms with Crippen molar-refractivity contribution in [2.45, 2.75) is 17.5 Å². The lowest BCUT2D eigenvalue weighted by Gasteiger charge is -2.10. The second-order valence-corrected chi connectivity index (χ2v) is 7.92. The molecule has 3 aromatic carbocycles. The zero-order valence-electron chi connectivity index (χ0n) is 16.8. The lowest BCUT2D eigenvalue weighted by atomic mass is 10.0. The Morgan fingerprint density at radius 3 is 2.03 bits per heavy atom. The summed E-state index contributed by atoms with van der Waals surface area (Å²) in [4.78, 5) is 9.11. The summed E-state index contributed by atoms with van der Waals surface area (Å²) < 4.78 is 28.4. The topological polar surface area (TPSA) is 56.5 Å². The summed E-state index contributed by atoms with van der Waals surface area (Å²) in [6, 6.07) is 26.3. The third-order valence-electron chi connectivity index (χ3n) is 4.96. The SMILES string of the molecule is FC(F)n1c(CSc2nnc(-c3ccccc3)c(-c3ccccc3)n2)nc2ccccc21. The minimum absolute atomic E-state index is 0.194. The number of thioether (sulfide) groups is 1. The van der Waals surface area contributed by atoms with Gasteiger partial charge in [0.05, 0.1) is 16.8 Å². The maximum atomic E-state index is 13.7. The molecule has 0 unspecified atom stereocenters. The van der Waals surface area contributed by atoms with Crippen LogP contribution in [0.25, 0.3) is 33.5 Å². The van der Waals surface area contributed by atoms with Gasteiger partial charge in [0.25, 0.3) is 0 Å². The van der Waals surface area contributed by atoms with Gasteiger partial charge in [-0.05, 0) is 12.1 Å². The molecule has 2 heterocycles. The molecule has 0 bridgehead atoms. The molecule has 5 aromatic rings. The van der Waals surface area contributed by atoms with Crippen LogP contribution in [0.15, 0.2) is 90.1 Å². The van der Waals surface area contributed by atoms with Crippen LogP contribution in [-0.2, 0) is 5.75 Å². The molecule has 0 fully saturated rings. The van der Waals surface area contributed by atoms with E-state index in [1.807, 2.05) is 60.7 Å². The quantitative estimate of drug-likeness (QED) is 0.290. The van der Waals surface area contributed by atoms with Crippen molar-refractivity contribution in [2.24, 2.45) is 0 Å². The molecule has 0 spiro atoms. The number of rotatable bonds is 6. The number of benzene rings is 3. The number of fused-ring (bicyclic) bond motifs is 1. The number of halogens is 2. The molecule has 0 aliphatic carbocycles. The Hall–Kier alpha value is -3.65. The molecule has 5 rings (SSSR count). The Bertz CT molecular complexity index is 1360. The molecule has 0 radical (unpaired) electrons. The molecule has 0 atom stereocenters. The standard InChI is InChI=1S/C24H17F2N5S/c25-23(26)31-19-14-8-7-13-18(19)27-20(31)15-32-24-28-21(16-9-3-1-4-10-16)22(29-30-24)17-11-5-2-6-12-17/h1-14,23H,15H2. The molecule has 0 N–H and O–H groups in total. The monoisotopic (exact) mass is 445 g/mol. The molecule has 158 valence electrons. The number of hydrogen-bond donors (Lipinski definition) is 0. The van der Waals surface area contributed by atoms with E-state index in [0.717, 1.165) is 15.7 Å². The van der Waals surface area contributed by atoms with Crippen LogP contribution in [0.3, 0.4) is 0 Å². The van der Waals surface area contributed by atoms with Gasteiger partial charge in [-0.1, -0.05) is 84.6 Å². The lowest BCUT2D eigenvalue weighted by Crippen LogP contribution is -2.04. The number of alkyl halides is 2. The maximum absolute atomic E-state index is 13.7. The van der Waals surface area contributed by atoms with Crippen LogP contribution >= 0.6 is 11.8 Å². The Balaban J connectivity index is 1.50. The van der Waals surface area contributed by atoms with E-state index >= 15 is 0 Å². The van der Waals surface area contributed by atoms with Gasteiger partial charge in [0.2, 0.25) is 5.16 Å². The Labute approximate surface area is 187 Å². The minimum Gasteiger partial charge on any atom is -0.269 e. The predicted molar refractivity (Wildman–Crippen MR) is 121 cm³/mol. The van der Waals surface area contributed by atoms with E-state index in [4.69, 9.17) is 4.98 Å². The van der Waals surface area contributed by atoms with E-state index in [-0.39, 0.29) is 11.6 Å². The third kappa shape index (κ3) is 3.97. The molecule has 8 heteroatoms. The summed E-state index contributed by atoms with van der Waals surface area (Å²) >= 11 is 1.23. The van der Waals surface area contributed by atoms with Crippen molar-refractivity contribution in [1.29, 1.82) is 0 Å². The van der Waals surface area contributed by atoms with E-state index < -0.39 is 6.55 Å². The van der Waals surface area contributed by atoms with Crippen LogP contribution in [0.2, 0.25) is 0 Å². The van der Waals surface area contributed by atoms with Gasteiger partial charge in [0.15, 0.2) is 0 Å². The van der Waals surface area contributed by atoms with Crippen molar-refractivity contribution in [3.8, 4) is 22.5 Å². The van der Waals surface area contributed by atoms with E-state index in [1.54, 1.807) is 24.3 Å². The van der Waals surface area contributed by atoms with Crippen LogP contribution in [0, 0.1) is 0 Å². The van der Waals surface area contributed by atoms with Crippen LogP contribution in [0.1, 0.15) is 12.4 Å². The Kier molecular flexibility index (Phi) is 5.60. The van der Waals surface area contributed by atoms with Crippen LogP contribution in [-0.4, -0.2) is 24.7 Å². The van der Waals surface area contributed by atoms with Crippen molar-refractivity contribution < 1.29 is 8.78 Å². The average Bonchev–Trinajstić information content (AvgIpc) is 3.22. The van der Waals surface area contributed by atoms with Crippen molar-refractivity contribution in [2.75, 3.05) is 0 Å². The van der Waals surface area contributed by atoms with Gasteiger partial charge in [0, 0.05) is 11.1 Å². The van der Waals surface area contributed by atoms with Crippen molar-refractivity contribution in [3.63, 3.8) is 0 Å². The summed E-state index contributed by atoms with van der Waals surface area (Å²) in [6.45, 7) is -2.68. The van der Waals surface area contributed by atoms with E-state index in [1.165, 1.54) is 11.8 Å². The third-order valence-corrected chi connectivity index (χ3v) is 5.79. The molecule has 2 aromatic heterocycles. The highest BCUT2D eigenvalue weighted by Gasteiger charge is 2.19. The maximum Gasteiger partial charge on any atom is 0.320 e. The summed E-state index contributed by atoms with van der Waals surface area (Å²) in [7, 11) is 0. The molecule has 0 saturated carbocycles. The number of hydrogen-bond acceptors (Lipinski definition) is 5. The largest absolute Gasteiger partial charge is 0.320 e. The fourth-order valence-corrected chi connectivity index (χ4v) is 4.22. The molecule has 0 saturated heterocycles. The van der Waals surface area contributed by atoms with Crippen molar-refractivity contribution in [3.05, 3.63) is 90.8 Å². The predicted octanol–water partition coefficient (Wildman–Crippen LogP) is 6.24. The average molecular weight is 445 g/mol. The molecule has 32 heavy (non-hydrogen) atoms. The highest BCUT2D eigenvalue weighted by Crippen LogP contribution is 2.31. The first kappa shape index (κ1) is 20.3. The highest BCUT2D eigenvalue weighted by molar-refractivity contribution is 7.98. The van der Waals surface area contributed by atoms with Crippen molar-refractivity contribution >= 4 is 22.8 Å². The van der Waals surface area contributed by atoms with Gasteiger partial charge >= 0.3 is 6.55 Å². The molecular formula is C24H17F2N5S. The normalized spacial score (nSPS) is 11.3. The van der Waals surface area contributed by atoms with Crippen LogP contribution in [0.4, 0.5) is 8.78 Å². The summed E-state index contributed by atoms with van der Waals surface area (Å²) in [6.07, 6.45) is 0. The second-order valence-electron chi connectivity index (χ2n) is 6.98. The molecule has 5 nitrogen and oxygen atoms in total. The van der Waals surface area contributed by atoms with Gasteiger partial charge in [-0.25, -0.2) is 9.97 Å². The Morgan fingerprint density at radius 2 is 1.34 bits per heavy atom. The van der Waals surface area contributed by atoms with Gasteiger partial charge < -0.3 is 0 Å². The van der Waals surface area contributed by atoms with Gasteiger partial charge in [-0.2, -0.15) is 8.78 Å². The van der Waals surface area contributed by atoms with Gasteiger partial charge in [-0.3, -0.25) is 4.57 Å². The van der Waals surface area contributed by atoms with Gasteiger partial charge in [0.1, 0.15) is 17.2 Å². The molecule has 0 aliphatic heterocycles. The van der Waals surface area contributed by atoms with Crippen LogP contribution < -0.4 is 0 Å². The fourth-order valence-electron chi connectivity index (χ4n) is 3.50. The van der Waals surface area contributed by atoms with Gasteiger partial charge in [-0.15, -0.1) is 10.2 Å². The Morgan fingerprint density at radius 1 is 0.719 bits per heavy atom. The minimum atomic E-state index is -2.68. The number of imidazole rings is 1. The van der Waals surface area contributed by atoms with Crippen LogP contribution in [0.5, 0.6) is 0 Å². The zero-order valence-corrected chi connectivity index (χ0v) is 17.6.